The molecule has 0 radical (unpaired) electrons. The third kappa shape index (κ3) is 4.00. The van der Waals surface area contributed by atoms with Crippen molar-refractivity contribution in [3.8, 4) is 0 Å². The van der Waals surface area contributed by atoms with E-state index >= 15 is 0 Å². The maximum Gasteiger partial charge on any atom is 0.232 e. The summed E-state index contributed by atoms with van der Waals surface area (Å²) in [5.74, 6) is 1.70. The molecule has 0 bridgehead atoms. The molecular weight excluding hydrogens is 340 g/mol. The lowest BCUT2D eigenvalue weighted by atomic mass is 10.1. The first-order valence-corrected chi connectivity index (χ1v) is 8.79. The Labute approximate surface area is 156 Å². The molecule has 0 aliphatic rings. The zero-order valence-corrected chi connectivity index (χ0v) is 15.1. The number of aromatic nitrogens is 6. The van der Waals surface area contributed by atoms with Crippen molar-refractivity contribution in [2.45, 2.75) is 26.3 Å². The van der Waals surface area contributed by atoms with Crippen molar-refractivity contribution in [2.24, 2.45) is 0 Å². The van der Waals surface area contributed by atoms with E-state index in [9.17, 15) is 0 Å². The first-order chi connectivity index (χ1) is 13.2. The van der Waals surface area contributed by atoms with Crippen molar-refractivity contribution in [3.05, 3.63) is 59.9 Å². The summed E-state index contributed by atoms with van der Waals surface area (Å²) in [5, 5.41) is 17.5. The molecule has 3 N–H and O–H groups in total. The number of nitrogens with zero attached hydrogens (tertiary/aromatic N) is 5. The highest BCUT2D eigenvalue weighted by Crippen LogP contribution is 2.19. The van der Waals surface area contributed by atoms with Gasteiger partial charge in [0.1, 0.15) is 16.9 Å². The summed E-state index contributed by atoms with van der Waals surface area (Å²) in [5.41, 5.74) is 3.58. The van der Waals surface area contributed by atoms with Gasteiger partial charge in [0.05, 0.1) is 0 Å². The molecule has 8 heteroatoms. The Kier molecular flexibility index (Phi) is 4.61. The first-order valence-electron chi connectivity index (χ1n) is 8.79. The molecule has 4 rings (SSSR count). The average molecular weight is 360 g/mol. The molecular formula is C19H20N8. The number of H-pyrrole nitrogens is 1. The summed E-state index contributed by atoms with van der Waals surface area (Å²) >= 11 is 0. The standard InChI is InChI=1S/C19H20N8/c1-12(2)20-18-22-16(11-13-7-6-10-15-17(13)26-27-25-15)23-19(24-18)21-14-8-4-3-5-9-14/h3-10,12H,11H2,1-2H3,(H,25,26,27)(H2,20,21,22,23,24). The number of aromatic amines is 1. The second kappa shape index (κ2) is 7.36. The van der Waals surface area contributed by atoms with Crippen LogP contribution in [0.4, 0.5) is 17.6 Å². The molecule has 27 heavy (non-hydrogen) atoms. The molecule has 0 amide bonds. The number of benzene rings is 2. The summed E-state index contributed by atoms with van der Waals surface area (Å²) < 4.78 is 0. The summed E-state index contributed by atoms with van der Waals surface area (Å²) in [6, 6.07) is 15.9. The molecule has 8 nitrogen and oxygen atoms in total. The Hall–Kier alpha value is -3.55. The maximum atomic E-state index is 4.59. The van der Waals surface area contributed by atoms with Crippen molar-refractivity contribution >= 4 is 28.6 Å². The Morgan fingerprint density at radius 1 is 0.889 bits per heavy atom. The molecule has 0 aliphatic carbocycles. The smallest absolute Gasteiger partial charge is 0.232 e. The highest BCUT2D eigenvalue weighted by atomic mass is 15.3. The number of anilines is 3. The second-order valence-electron chi connectivity index (χ2n) is 6.47. The van der Waals surface area contributed by atoms with Crippen molar-refractivity contribution in [3.63, 3.8) is 0 Å². The van der Waals surface area contributed by atoms with Gasteiger partial charge in [-0.25, -0.2) is 0 Å². The van der Waals surface area contributed by atoms with Crippen LogP contribution in [-0.2, 0) is 6.42 Å². The fourth-order valence-electron chi connectivity index (χ4n) is 2.77. The Morgan fingerprint density at radius 2 is 1.70 bits per heavy atom. The van der Waals surface area contributed by atoms with Crippen LogP contribution in [0.1, 0.15) is 25.2 Å². The fourth-order valence-corrected chi connectivity index (χ4v) is 2.77. The van der Waals surface area contributed by atoms with Gasteiger partial charge in [0.25, 0.3) is 0 Å². The van der Waals surface area contributed by atoms with Crippen LogP contribution < -0.4 is 10.6 Å². The number of hydrogen-bond donors (Lipinski definition) is 3. The number of para-hydroxylation sites is 2. The van der Waals surface area contributed by atoms with E-state index in [2.05, 4.69) is 41.0 Å². The molecule has 0 fully saturated rings. The van der Waals surface area contributed by atoms with Gasteiger partial charge < -0.3 is 10.6 Å². The fraction of sp³-hybridized carbons (Fsp3) is 0.211. The van der Waals surface area contributed by atoms with Crippen LogP contribution in [0.25, 0.3) is 11.0 Å². The van der Waals surface area contributed by atoms with Crippen LogP contribution in [0, 0.1) is 0 Å². The van der Waals surface area contributed by atoms with Gasteiger partial charge in [-0.1, -0.05) is 30.3 Å². The van der Waals surface area contributed by atoms with Crippen molar-refractivity contribution in [2.75, 3.05) is 10.6 Å². The number of fused-ring (bicyclic) bond motifs is 1. The summed E-state index contributed by atoms with van der Waals surface area (Å²) in [6.07, 6.45) is 0.530. The predicted octanol–water partition coefficient (Wildman–Crippen LogP) is 3.30. The normalized spacial score (nSPS) is 11.1. The highest BCUT2D eigenvalue weighted by Gasteiger charge is 2.12. The molecule has 2 aromatic carbocycles. The largest absolute Gasteiger partial charge is 0.352 e. The molecule has 2 heterocycles. The zero-order valence-electron chi connectivity index (χ0n) is 15.1. The van der Waals surface area contributed by atoms with Gasteiger partial charge >= 0.3 is 0 Å². The minimum atomic E-state index is 0.212. The Balaban J connectivity index is 1.68. The zero-order chi connectivity index (χ0) is 18.6. The van der Waals surface area contributed by atoms with Crippen molar-refractivity contribution in [1.82, 2.24) is 30.4 Å². The van der Waals surface area contributed by atoms with E-state index in [1.807, 2.05) is 62.4 Å². The lowest BCUT2D eigenvalue weighted by Crippen LogP contribution is -2.15. The van der Waals surface area contributed by atoms with Gasteiger partial charge in [-0.15, -0.1) is 0 Å². The van der Waals surface area contributed by atoms with Crippen LogP contribution in [0.15, 0.2) is 48.5 Å². The Morgan fingerprint density at radius 3 is 2.52 bits per heavy atom. The average Bonchev–Trinajstić information content (AvgIpc) is 3.12. The van der Waals surface area contributed by atoms with Crippen LogP contribution in [0.5, 0.6) is 0 Å². The minimum Gasteiger partial charge on any atom is -0.352 e. The molecule has 0 spiro atoms. The van der Waals surface area contributed by atoms with E-state index in [4.69, 9.17) is 0 Å². The monoisotopic (exact) mass is 360 g/mol. The molecule has 0 saturated carbocycles. The first kappa shape index (κ1) is 16.9. The van der Waals surface area contributed by atoms with Crippen LogP contribution in [-0.4, -0.2) is 36.4 Å². The molecule has 0 saturated heterocycles. The number of nitrogens with one attached hydrogen (secondary N) is 3. The van der Waals surface area contributed by atoms with E-state index in [1.165, 1.54) is 0 Å². The number of hydrogen-bond acceptors (Lipinski definition) is 7. The minimum absolute atomic E-state index is 0.212. The van der Waals surface area contributed by atoms with E-state index in [-0.39, 0.29) is 6.04 Å². The molecule has 4 aromatic rings. The SMILES string of the molecule is CC(C)Nc1nc(Cc2cccc3n[nH]nc23)nc(Nc2ccccc2)n1. The molecule has 2 aromatic heterocycles. The van der Waals surface area contributed by atoms with Crippen LogP contribution in [0.3, 0.4) is 0 Å². The summed E-state index contributed by atoms with van der Waals surface area (Å²) in [7, 11) is 0. The molecule has 136 valence electrons. The lowest BCUT2D eigenvalue weighted by molar-refractivity contribution is 0.849. The summed E-state index contributed by atoms with van der Waals surface area (Å²) in [6.45, 7) is 4.09. The highest BCUT2D eigenvalue weighted by molar-refractivity contribution is 5.77. The van der Waals surface area contributed by atoms with E-state index in [1.54, 1.807) is 0 Å². The second-order valence-corrected chi connectivity index (χ2v) is 6.47. The molecule has 0 atom stereocenters. The Bertz CT molecular complexity index is 1040. The molecule has 0 unspecified atom stereocenters. The molecule has 0 aliphatic heterocycles. The quantitative estimate of drug-likeness (QED) is 0.484. The van der Waals surface area contributed by atoms with Crippen LogP contribution in [0.2, 0.25) is 0 Å². The van der Waals surface area contributed by atoms with Gasteiger partial charge in [0, 0.05) is 18.2 Å². The third-order valence-corrected chi connectivity index (χ3v) is 3.91. The van der Waals surface area contributed by atoms with E-state index in [0.717, 1.165) is 22.3 Å². The summed E-state index contributed by atoms with van der Waals surface area (Å²) in [4.78, 5) is 13.6. The lowest BCUT2D eigenvalue weighted by Gasteiger charge is -2.12. The van der Waals surface area contributed by atoms with Gasteiger partial charge in [-0.05, 0) is 37.6 Å². The third-order valence-electron chi connectivity index (χ3n) is 3.91. The topological polar surface area (TPSA) is 104 Å². The van der Waals surface area contributed by atoms with Gasteiger partial charge in [-0.3, -0.25) is 0 Å². The van der Waals surface area contributed by atoms with Crippen molar-refractivity contribution < 1.29 is 0 Å². The predicted molar refractivity (Wildman–Crippen MR) is 105 cm³/mol. The maximum absolute atomic E-state index is 4.59. The van der Waals surface area contributed by atoms with Crippen molar-refractivity contribution in [1.29, 1.82) is 0 Å². The van der Waals surface area contributed by atoms with Gasteiger partial charge in [-0.2, -0.15) is 30.4 Å². The van der Waals surface area contributed by atoms with E-state index in [0.29, 0.717) is 24.1 Å². The van der Waals surface area contributed by atoms with E-state index < -0.39 is 0 Å². The van der Waals surface area contributed by atoms with Gasteiger partial charge in [0.15, 0.2) is 0 Å². The van der Waals surface area contributed by atoms with Gasteiger partial charge in [0.2, 0.25) is 11.9 Å². The number of rotatable bonds is 6. The van der Waals surface area contributed by atoms with Crippen LogP contribution >= 0.6 is 0 Å².